The molecule has 2 aromatic rings. The van der Waals surface area contributed by atoms with Gasteiger partial charge < -0.3 is 9.88 Å². The first-order valence-corrected chi connectivity index (χ1v) is 6.08. The van der Waals surface area contributed by atoms with Crippen LogP contribution in [0.25, 0.3) is 10.9 Å². The molecule has 0 spiro atoms. The molecule has 1 aromatic heterocycles. The van der Waals surface area contributed by atoms with Crippen molar-refractivity contribution in [2.75, 3.05) is 0 Å². The number of benzene rings is 1. The highest BCUT2D eigenvalue weighted by molar-refractivity contribution is 5.84. The average molecular weight is 228 g/mol. The van der Waals surface area contributed by atoms with E-state index in [4.69, 9.17) is 0 Å². The number of aromatic nitrogens is 1. The number of carbonyl (C=O) groups excluding carboxylic acids is 1. The molecule has 1 aromatic carbocycles. The molecular weight excluding hydrogens is 212 g/mol. The number of fused-ring (bicyclic) bond motifs is 1. The molecule has 1 fully saturated rings. The van der Waals surface area contributed by atoms with Crippen molar-refractivity contribution in [2.24, 2.45) is 0 Å². The lowest BCUT2D eigenvalue weighted by molar-refractivity contribution is -0.121. The van der Waals surface area contributed by atoms with Crippen LogP contribution in [0.4, 0.5) is 0 Å². The summed E-state index contributed by atoms with van der Waals surface area (Å²) in [7, 11) is 0. The highest BCUT2D eigenvalue weighted by atomic mass is 16.2. The van der Waals surface area contributed by atoms with Crippen LogP contribution >= 0.6 is 0 Å². The fourth-order valence-corrected chi connectivity index (χ4v) is 2.20. The van der Waals surface area contributed by atoms with Crippen molar-refractivity contribution in [3.05, 3.63) is 36.0 Å². The topological polar surface area (TPSA) is 34.0 Å². The number of nitrogens with zero attached hydrogens (tertiary/aromatic N) is 1. The van der Waals surface area contributed by atoms with E-state index < -0.39 is 0 Å². The van der Waals surface area contributed by atoms with E-state index in [1.807, 2.05) is 19.1 Å². The molecule has 0 unspecified atom stereocenters. The van der Waals surface area contributed by atoms with Crippen molar-refractivity contribution in [2.45, 2.75) is 32.4 Å². The van der Waals surface area contributed by atoms with Gasteiger partial charge in [0.25, 0.3) is 0 Å². The van der Waals surface area contributed by atoms with Crippen molar-refractivity contribution < 1.29 is 4.79 Å². The van der Waals surface area contributed by atoms with Crippen molar-refractivity contribution in [1.29, 1.82) is 0 Å². The summed E-state index contributed by atoms with van der Waals surface area (Å²) in [6, 6.07) is 10.7. The van der Waals surface area contributed by atoms with E-state index in [9.17, 15) is 4.79 Å². The summed E-state index contributed by atoms with van der Waals surface area (Å²) in [4.78, 5) is 11.8. The Hall–Kier alpha value is -1.77. The minimum Gasteiger partial charge on any atom is -0.352 e. The lowest BCUT2D eigenvalue weighted by Crippen LogP contribution is -2.29. The zero-order chi connectivity index (χ0) is 11.8. The van der Waals surface area contributed by atoms with Crippen molar-refractivity contribution in [3.8, 4) is 0 Å². The molecule has 1 amide bonds. The number of nitrogens with one attached hydrogen (secondary N) is 1. The summed E-state index contributed by atoms with van der Waals surface area (Å²) in [5, 5.41) is 4.22. The van der Waals surface area contributed by atoms with Crippen LogP contribution < -0.4 is 5.32 Å². The van der Waals surface area contributed by atoms with Gasteiger partial charge in [0.05, 0.1) is 0 Å². The molecule has 0 aliphatic heterocycles. The Morgan fingerprint density at radius 3 is 2.94 bits per heavy atom. The minimum absolute atomic E-state index is 0.122. The molecule has 0 radical (unpaired) electrons. The van der Waals surface area contributed by atoms with Gasteiger partial charge >= 0.3 is 0 Å². The second kappa shape index (κ2) is 3.91. The van der Waals surface area contributed by atoms with Crippen LogP contribution in [0, 0.1) is 6.92 Å². The number of carbonyl (C=O) groups is 1. The van der Waals surface area contributed by atoms with Gasteiger partial charge in [0.15, 0.2) is 0 Å². The molecule has 1 aliphatic carbocycles. The van der Waals surface area contributed by atoms with E-state index in [0.717, 1.165) is 24.1 Å². The van der Waals surface area contributed by atoms with Gasteiger partial charge in [-0.15, -0.1) is 0 Å². The summed E-state index contributed by atoms with van der Waals surface area (Å²) < 4.78 is 2.08. The second-order valence-electron chi connectivity index (χ2n) is 4.77. The Bertz CT molecular complexity index is 567. The van der Waals surface area contributed by atoms with Crippen LogP contribution in [0.3, 0.4) is 0 Å². The van der Waals surface area contributed by atoms with E-state index in [1.54, 1.807) is 0 Å². The van der Waals surface area contributed by atoms with Crippen molar-refractivity contribution in [3.63, 3.8) is 0 Å². The summed E-state index contributed by atoms with van der Waals surface area (Å²) in [6.45, 7) is 2.47. The minimum atomic E-state index is 0.122. The molecule has 17 heavy (non-hydrogen) atoms. The Kier molecular flexibility index (Phi) is 2.39. The predicted octanol–water partition coefficient (Wildman–Crippen LogP) is 2.23. The van der Waals surface area contributed by atoms with Crippen LogP contribution in [0.2, 0.25) is 0 Å². The quantitative estimate of drug-likeness (QED) is 0.858. The molecule has 1 heterocycles. The molecule has 3 nitrogen and oxygen atoms in total. The van der Waals surface area contributed by atoms with Crippen LogP contribution in [0.15, 0.2) is 30.3 Å². The van der Waals surface area contributed by atoms with E-state index in [2.05, 4.69) is 28.1 Å². The molecule has 1 N–H and O–H groups in total. The van der Waals surface area contributed by atoms with Gasteiger partial charge in [-0.3, -0.25) is 4.79 Å². The molecule has 3 rings (SSSR count). The van der Waals surface area contributed by atoms with Crippen LogP contribution in [-0.4, -0.2) is 16.5 Å². The van der Waals surface area contributed by atoms with Gasteiger partial charge in [-0.1, -0.05) is 18.2 Å². The Morgan fingerprint density at radius 2 is 2.18 bits per heavy atom. The van der Waals surface area contributed by atoms with Crippen LogP contribution in [0.1, 0.15) is 18.5 Å². The third kappa shape index (κ3) is 2.05. The fraction of sp³-hybridized carbons (Fsp3) is 0.357. The van der Waals surface area contributed by atoms with Gasteiger partial charge in [0, 0.05) is 17.3 Å². The number of rotatable bonds is 3. The molecular formula is C14H16N2O. The predicted molar refractivity (Wildman–Crippen MR) is 67.8 cm³/mol. The maximum atomic E-state index is 11.8. The first-order valence-electron chi connectivity index (χ1n) is 6.08. The zero-order valence-corrected chi connectivity index (χ0v) is 9.94. The first kappa shape index (κ1) is 10.4. The molecule has 1 saturated carbocycles. The lowest BCUT2D eigenvalue weighted by atomic mass is 10.2. The number of aryl methyl sites for hydroxylation is 1. The summed E-state index contributed by atoms with van der Waals surface area (Å²) in [5.74, 6) is 0.122. The Balaban J connectivity index is 1.87. The SMILES string of the molecule is Cc1cc2ccccc2n1CC(=O)NC1CC1. The van der Waals surface area contributed by atoms with E-state index in [-0.39, 0.29) is 5.91 Å². The van der Waals surface area contributed by atoms with E-state index in [1.165, 1.54) is 5.39 Å². The summed E-state index contributed by atoms with van der Waals surface area (Å²) >= 11 is 0. The molecule has 0 bridgehead atoms. The van der Waals surface area contributed by atoms with E-state index >= 15 is 0 Å². The number of para-hydroxylation sites is 1. The smallest absolute Gasteiger partial charge is 0.240 e. The molecule has 88 valence electrons. The largest absolute Gasteiger partial charge is 0.352 e. The van der Waals surface area contributed by atoms with Crippen molar-refractivity contribution >= 4 is 16.8 Å². The third-order valence-corrected chi connectivity index (χ3v) is 3.26. The van der Waals surface area contributed by atoms with Gasteiger partial charge in [-0.25, -0.2) is 0 Å². The monoisotopic (exact) mass is 228 g/mol. The standard InChI is InChI=1S/C14H16N2O/c1-10-8-11-4-2-3-5-13(11)16(10)9-14(17)15-12-6-7-12/h2-5,8,12H,6-7,9H2,1H3,(H,15,17). The van der Waals surface area contributed by atoms with Gasteiger partial charge in [0.1, 0.15) is 6.54 Å². The lowest BCUT2D eigenvalue weighted by Gasteiger charge is -2.08. The molecule has 0 atom stereocenters. The fourth-order valence-electron chi connectivity index (χ4n) is 2.20. The van der Waals surface area contributed by atoms with E-state index in [0.29, 0.717) is 12.6 Å². The summed E-state index contributed by atoms with van der Waals surface area (Å²) in [5.41, 5.74) is 2.27. The molecule has 3 heteroatoms. The van der Waals surface area contributed by atoms with Gasteiger partial charge in [0.2, 0.25) is 5.91 Å². The maximum Gasteiger partial charge on any atom is 0.240 e. The third-order valence-electron chi connectivity index (χ3n) is 3.26. The number of hydrogen-bond acceptors (Lipinski definition) is 1. The second-order valence-corrected chi connectivity index (χ2v) is 4.77. The van der Waals surface area contributed by atoms with Crippen LogP contribution in [0.5, 0.6) is 0 Å². The molecule has 1 aliphatic rings. The average Bonchev–Trinajstić information content (AvgIpc) is 3.05. The first-order chi connectivity index (χ1) is 8.24. The van der Waals surface area contributed by atoms with Crippen LogP contribution in [-0.2, 0) is 11.3 Å². The van der Waals surface area contributed by atoms with Gasteiger partial charge in [-0.2, -0.15) is 0 Å². The molecule has 0 saturated heterocycles. The number of hydrogen-bond donors (Lipinski definition) is 1. The maximum absolute atomic E-state index is 11.8. The van der Waals surface area contributed by atoms with Crippen molar-refractivity contribution in [1.82, 2.24) is 9.88 Å². The number of amides is 1. The summed E-state index contributed by atoms with van der Waals surface area (Å²) in [6.07, 6.45) is 2.27. The highest BCUT2D eigenvalue weighted by Crippen LogP contribution is 2.20. The highest BCUT2D eigenvalue weighted by Gasteiger charge is 2.23. The normalized spacial score (nSPS) is 15.1. The zero-order valence-electron chi connectivity index (χ0n) is 9.94. The Morgan fingerprint density at radius 1 is 1.41 bits per heavy atom. The van der Waals surface area contributed by atoms with Gasteiger partial charge in [-0.05, 0) is 37.3 Å². The Labute approximate surface area is 100 Å².